The minimum atomic E-state index is -0.0554. The van der Waals surface area contributed by atoms with Crippen molar-refractivity contribution in [2.45, 2.75) is 33.7 Å². The standard InChI is InChI=1S/C17H23NO/c1-5-19-14-11-10-12-8-6-7-9-13(12)15(14)16(18)17(2,3)4/h6-11,16H,5,18H2,1-4H3/t16-/m0/s1. The van der Waals surface area contributed by atoms with Crippen LogP contribution < -0.4 is 10.5 Å². The highest BCUT2D eigenvalue weighted by Gasteiger charge is 2.26. The van der Waals surface area contributed by atoms with E-state index in [1.807, 2.05) is 13.0 Å². The molecule has 0 amide bonds. The smallest absolute Gasteiger partial charge is 0.124 e. The van der Waals surface area contributed by atoms with Crippen molar-refractivity contribution < 1.29 is 4.74 Å². The molecule has 2 aromatic carbocycles. The number of fused-ring (bicyclic) bond motifs is 1. The summed E-state index contributed by atoms with van der Waals surface area (Å²) in [4.78, 5) is 0. The van der Waals surface area contributed by atoms with E-state index in [2.05, 4.69) is 51.1 Å². The Labute approximate surface area is 115 Å². The van der Waals surface area contributed by atoms with Crippen LogP contribution in [0.25, 0.3) is 10.8 Å². The molecule has 2 heteroatoms. The van der Waals surface area contributed by atoms with Crippen LogP contribution in [0.1, 0.15) is 39.3 Å². The number of rotatable bonds is 3. The van der Waals surface area contributed by atoms with Gasteiger partial charge in [-0.1, -0.05) is 51.1 Å². The number of benzene rings is 2. The molecule has 0 aliphatic rings. The van der Waals surface area contributed by atoms with E-state index >= 15 is 0 Å². The molecule has 0 aromatic heterocycles. The van der Waals surface area contributed by atoms with Crippen LogP contribution in [0.2, 0.25) is 0 Å². The summed E-state index contributed by atoms with van der Waals surface area (Å²) in [5, 5.41) is 2.40. The van der Waals surface area contributed by atoms with Gasteiger partial charge in [0.25, 0.3) is 0 Å². The minimum Gasteiger partial charge on any atom is -0.494 e. The van der Waals surface area contributed by atoms with Gasteiger partial charge in [0.2, 0.25) is 0 Å². The average molecular weight is 257 g/mol. The van der Waals surface area contributed by atoms with Crippen molar-refractivity contribution in [3.05, 3.63) is 42.0 Å². The van der Waals surface area contributed by atoms with Crippen LogP contribution in [0, 0.1) is 5.41 Å². The Morgan fingerprint density at radius 2 is 1.79 bits per heavy atom. The summed E-state index contributed by atoms with van der Waals surface area (Å²) in [5.74, 6) is 0.906. The fraction of sp³-hybridized carbons (Fsp3) is 0.412. The molecule has 0 bridgehead atoms. The second kappa shape index (κ2) is 5.22. The van der Waals surface area contributed by atoms with Crippen LogP contribution in [0.3, 0.4) is 0 Å². The molecular weight excluding hydrogens is 234 g/mol. The van der Waals surface area contributed by atoms with Crippen molar-refractivity contribution in [2.75, 3.05) is 6.61 Å². The van der Waals surface area contributed by atoms with Gasteiger partial charge in [0, 0.05) is 11.6 Å². The van der Waals surface area contributed by atoms with Crippen molar-refractivity contribution in [3.63, 3.8) is 0 Å². The van der Waals surface area contributed by atoms with Gasteiger partial charge in [-0.2, -0.15) is 0 Å². The number of ether oxygens (including phenoxy) is 1. The first kappa shape index (κ1) is 13.9. The third-order valence-electron chi connectivity index (χ3n) is 3.47. The van der Waals surface area contributed by atoms with E-state index in [0.717, 1.165) is 11.3 Å². The van der Waals surface area contributed by atoms with Crippen molar-refractivity contribution in [1.29, 1.82) is 0 Å². The predicted octanol–water partition coefficient (Wildman–Crippen LogP) is 4.28. The monoisotopic (exact) mass is 257 g/mol. The maximum absolute atomic E-state index is 6.49. The summed E-state index contributed by atoms with van der Waals surface area (Å²) >= 11 is 0. The van der Waals surface area contributed by atoms with Crippen LogP contribution in [0.4, 0.5) is 0 Å². The Morgan fingerprint density at radius 1 is 1.11 bits per heavy atom. The molecule has 0 aliphatic heterocycles. The fourth-order valence-electron chi connectivity index (χ4n) is 2.31. The largest absolute Gasteiger partial charge is 0.494 e. The molecule has 2 N–H and O–H groups in total. The molecule has 1 atom stereocenters. The molecule has 0 saturated heterocycles. The van der Waals surface area contributed by atoms with E-state index in [1.165, 1.54) is 10.8 Å². The molecule has 0 heterocycles. The summed E-state index contributed by atoms with van der Waals surface area (Å²) in [6.45, 7) is 9.14. The van der Waals surface area contributed by atoms with E-state index in [4.69, 9.17) is 10.5 Å². The zero-order chi connectivity index (χ0) is 14.0. The lowest BCUT2D eigenvalue weighted by atomic mass is 9.81. The van der Waals surface area contributed by atoms with Crippen molar-refractivity contribution >= 4 is 10.8 Å². The SMILES string of the molecule is CCOc1ccc2ccccc2c1[C@H](N)C(C)(C)C. The van der Waals surface area contributed by atoms with Crippen molar-refractivity contribution in [2.24, 2.45) is 11.1 Å². The van der Waals surface area contributed by atoms with Gasteiger partial charge in [-0.05, 0) is 29.2 Å². The molecule has 0 spiro atoms. The first-order chi connectivity index (χ1) is 8.95. The van der Waals surface area contributed by atoms with Gasteiger partial charge in [-0.15, -0.1) is 0 Å². The van der Waals surface area contributed by atoms with Crippen LogP contribution in [0.15, 0.2) is 36.4 Å². The van der Waals surface area contributed by atoms with Crippen LogP contribution in [0.5, 0.6) is 5.75 Å². The van der Waals surface area contributed by atoms with E-state index < -0.39 is 0 Å². The molecular formula is C17H23NO. The van der Waals surface area contributed by atoms with Gasteiger partial charge in [0.1, 0.15) is 5.75 Å². The zero-order valence-corrected chi connectivity index (χ0v) is 12.2. The first-order valence-corrected chi connectivity index (χ1v) is 6.85. The lowest BCUT2D eigenvalue weighted by Crippen LogP contribution is -2.27. The highest BCUT2D eigenvalue weighted by atomic mass is 16.5. The van der Waals surface area contributed by atoms with Gasteiger partial charge in [-0.25, -0.2) is 0 Å². The maximum Gasteiger partial charge on any atom is 0.124 e. The number of hydrogen-bond donors (Lipinski definition) is 1. The molecule has 2 aromatic rings. The van der Waals surface area contributed by atoms with Gasteiger partial charge in [0.05, 0.1) is 6.61 Å². The lowest BCUT2D eigenvalue weighted by molar-refractivity contribution is 0.300. The Balaban J connectivity index is 2.68. The third kappa shape index (κ3) is 2.74. The zero-order valence-electron chi connectivity index (χ0n) is 12.2. The molecule has 0 aliphatic carbocycles. The van der Waals surface area contributed by atoms with E-state index in [0.29, 0.717) is 6.61 Å². The topological polar surface area (TPSA) is 35.2 Å². The Hall–Kier alpha value is -1.54. The van der Waals surface area contributed by atoms with E-state index in [9.17, 15) is 0 Å². The summed E-state index contributed by atoms with van der Waals surface area (Å²) < 4.78 is 5.78. The highest BCUT2D eigenvalue weighted by Crippen LogP contribution is 2.39. The second-order valence-electron chi connectivity index (χ2n) is 5.98. The Kier molecular flexibility index (Phi) is 3.81. The van der Waals surface area contributed by atoms with Crippen LogP contribution >= 0.6 is 0 Å². The summed E-state index contributed by atoms with van der Waals surface area (Å²) in [5.41, 5.74) is 7.60. The van der Waals surface area contributed by atoms with Crippen molar-refractivity contribution in [3.8, 4) is 5.75 Å². The van der Waals surface area contributed by atoms with Gasteiger partial charge < -0.3 is 10.5 Å². The molecule has 0 unspecified atom stereocenters. The molecule has 2 nitrogen and oxygen atoms in total. The third-order valence-corrected chi connectivity index (χ3v) is 3.47. The van der Waals surface area contributed by atoms with E-state index in [-0.39, 0.29) is 11.5 Å². The predicted molar refractivity (Wildman–Crippen MR) is 81.5 cm³/mol. The highest BCUT2D eigenvalue weighted by molar-refractivity contribution is 5.88. The molecule has 102 valence electrons. The Morgan fingerprint density at radius 3 is 2.42 bits per heavy atom. The quantitative estimate of drug-likeness (QED) is 0.890. The maximum atomic E-state index is 6.49. The van der Waals surface area contributed by atoms with E-state index in [1.54, 1.807) is 0 Å². The fourth-order valence-corrected chi connectivity index (χ4v) is 2.31. The average Bonchev–Trinajstić information content (AvgIpc) is 2.37. The summed E-state index contributed by atoms with van der Waals surface area (Å²) in [6, 6.07) is 12.4. The summed E-state index contributed by atoms with van der Waals surface area (Å²) in [6.07, 6.45) is 0. The lowest BCUT2D eigenvalue weighted by Gasteiger charge is -2.30. The van der Waals surface area contributed by atoms with Gasteiger partial charge >= 0.3 is 0 Å². The first-order valence-electron chi connectivity index (χ1n) is 6.85. The minimum absolute atomic E-state index is 0.00399. The molecule has 19 heavy (non-hydrogen) atoms. The second-order valence-corrected chi connectivity index (χ2v) is 5.98. The molecule has 2 rings (SSSR count). The van der Waals surface area contributed by atoms with Crippen molar-refractivity contribution in [1.82, 2.24) is 0 Å². The van der Waals surface area contributed by atoms with Crippen LogP contribution in [-0.2, 0) is 0 Å². The summed E-state index contributed by atoms with van der Waals surface area (Å²) in [7, 11) is 0. The molecule has 0 radical (unpaired) electrons. The molecule has 0 saturated carbocycles. The normalized spacial score (nSPS) is 13.5. The number of hydrogen-bond acceptors (Lipinski definition) is 2. The van der Waals surface area contributed by atoms with Gasteiger partial charge in [-0.3, -0.25) is 0 Å². The molecule has 0 fully saturated rings. The Bertz CT molecular complexity index is 569. The van der Waals surface area contributed by atoms with Gasteiger partial charge in [0.15, 0.2) is 0 Å². The number of nitrogens with two attached hydrogens (primary N) is 1. The van der Waals surface area contributed by atoms with Crippen LogP contribution in [-0.4, -0.2) is 6.61 Å².